The fourth-order valence-electron chi connectivity index (χ4n) is 2.74. The molecular formula is C19H28N2O4. The zero-order chi connectivity index (χ0) is 18.4. The van der Waals surface area contributed by atoms with Gasteiger partial charge in [0.2, 0.25) is 11.8 Å². The van der Waals surface area contributed by atoms with E-state index in [1.54, 1.807) is 14.1 Å². The van der Waals surface area contributed by atoms with E-state index < -0.39 is 6.04 Å². The number of benzene rings is 1. The lowest BCUT2D eigenvalue weighted by molar-refractivity contribution is -0.135. The van der Waals surface area contributed by atoms with Gasteiger partial charge in [-0.25, -0.2) is 0 Å². The summed E-state index contributed by atoms with van der Waals surface area (Å²) in [5, 5.41) is 2.86. The zero-order valence-corrected chi connectivity index (χ0v) is 15.5. The van der Waals surface area contributed by atoms with Crippen molar-refractivity contribution in [3.63, 3.8) is 0 Å². The van der Waals surface area contributed by atoms with Gasteiger partial charge in [-0.2, -0.15) is 0 Å². The molecule has 25 heavy (non-hydrogen) atoms. The fraction of sp³-hybridized carbons (Fsp3) is 0.579. The molecule has 0 bridgehead atoms. The van der Waals surface area contributed by atoms with Gasteiger partial charge in [0.15, 0.2) is 0 Å². The van der Waals surface area contributed by atoms with E-state index in [-0.39, 0.29) is 30.3 Å². The van der Waals surface area contributed by atoms with Gasteiger partial charge >= 0.3 is 0 Å². The van der Waals surface area contributed by atoms with Gasteiger partial charge in [-0.15, -0.1) is 0 Å². The predicted molar refractivity (Wildman–Crippen MR) is 95.5 cm³/mol. The highest BCUT2D eigenvalue weighted by Gasteiger charge is 2.26. The number of rotatable bonds is 7. The third kappa shape index (κ3) is 5.46. The van der Waals surface area contributed by atoms with E-state index in [0.29, 0.717) is 19.0 Å². The first-order valence-corrected chi connectivity index (χ1v) is 8.71. The van der Waals surface area contributed by atoms with Crippen LogP contribution in [0, 0.1) is 5.92 Å². The second-order valence-electron chi connectivity index (χ2n) is 6.91. The number of para-hydroxylation sites is 1. The van der Waals surface area contributed by atoms with Crippen molar-refractivity contribution in [3.05, 3.63) is 29.8 Å². The quantitative estimate of drug-likeness (QED) is 0.813. The Bertz CT molecular complexity index is 595. The summed E-state index contributed by atoms with van der Waals surface area (Å²) in [6, 6.07) is 6.98. The van der Waals surface area contributed by atoms with Crippen molar-refractivity contribution in [3.8, 4) is 5.75 Å². The number of nitrogens with zero attached hydrogens (tertiary/aromatic N) is 1. The third-order valence-corrected chi connectivity index (χ3v) is 4.20. The van der Waals surface area contributed by atoms with E-state index >= 15 is 0 Å². The lowest BCUT2D eigenvalue weighted by Crippen LogP contribution is -2.49. The summed E-state index contributed by atoms with van der Waals surface area (Å²) in [5.41, 5.74) is 0.812. The lowest BCUT2D eigenvalue weighted by Gasteiger charge is -2.25. The molecular weight excluding hydrogens is 320 g/mol. The van der Waals surface area contributed by atoms with Crippen molar-refractivity contribution in [2.24, 2.45) is 5.92 Å². The summed E-state index contributed by atoms with van der Waals surface area (Å²) in [5.74, 6) is 0.428. The van der Waals surface area contributed by atoms with Crippen molar-refractivity contribution in [1.29, 1.82) is 0 Å². The summed E-state index contributed by atoms with van der Waals surface area (Å²) >= 11 is 0. The van der Waals surface area contributed by atoms with Gasteiger partial charge < -0.3 is 19.7 Å². The largest absolute Gasteiger partial charge is 0.488 e. The molecule has 138 valence electrons. The number of nitrogens with one attached hydrogen (secondary N) is 1. The summed E-state index contributed by atoms with van der Waals surface area (Å²) in [6.07, 6.45) is 1.06. The first kappa shape index (κ1) is 19.2. The maximum Gasteiger partial charge on any atom is 0.244 e. The second kappa shape index (κ2) is 8.85. The van der Waals surface area contributed by atoms with Crippen LogP contribution in [-0.4, -0.2) is 56.2 Å². The zero-order valence-electron chi connectivity index (χ0n) is 15.5. The van der Waals surface area contributed by atoms with Crippen LogP contribution in [0.15, 0.2) is 24.3 Å². The van der Waals surface area contributed by atoms with Crippen LogP contribution in [0.25, 0.3) is 0 Å². The molecule has 6 heteroatoms. The average Bonchev–Trinajstić information content (AvgIpc) is 3.06. The molecule has 1 saturated heterocycles. The maximum absolute atomic E-state index is 12.5. The smallest absolute Gasteiger partial charge is 0.244 e. The highest BCUT2D eigenvalue weighted by molar-refractivity contribution is 5.88. The Morgan fingerprint density at radius 1 is 1.32 bits per heavy atom. The Morgan fingerprint density at radius 2 is 2.04 bits per heavy atom. The number of amides is 2. The van der Waals surface area contributed by atoms with Crippen LogP contribution in [0.1, 0.15) is 25.8 Å². The molecule has 1 fully saturated rings. The molecule has 0 aliphatic carbocycles. The van der Waals surface area contributed by atoms with E-state index in [1.165, 1.54) is 4.90 Å². The van der Waals surface area contributed by atoms with E-state index in [0.717, 1.165) is 12.0 Å². The van der Waals surface area contributed by atoms with Gasteiger partial charge in [0, 0.05) is 26.1 Å². The van der Waals surface area contributed by atoms with Crippen LogP contribution < -0.4 is 10.1 Å². The molecule has 1 aromatic carbocycles. The molecule has 0 aromatic heterocycles. The average molecular weight is 348 g/mol. The third-order valence-electron chi connectivity index (χ3n) is 4.20. The van der Waals surface area contributed by atoms with Gasteiger partial charge in [0.1, 0.15) is 17.9 Å². The van der Waals surface area contributed by atoms with E-state index in [4.69, 9.17) is 9.47 Å². The first-order valence-electron chi connectivity index (χ1n) is 8.71. The van der Waals surface area contributed by atoms with Gasteiger partial charge in [-0.3, -0.25) is 9.59 Å². The molecule has 1 aliphatic heterocycles. The van der Waals surface area contributed by atoms with Crippen molar-refractivity contribution in [2.45, 2.75) is 38.8 Å². The van der Waals surface area contributed by atoms with Crippen LogP contribution >= 0.6 is 0 Å². The molecule has 2 rings (SSSR count). The Kier molecular flexibility index (Phi) is 6.82. The van der Waals surface area contributed by atoms with E-state index in [1.807, 2.05) is 38.1 Å². The van der Waals surface area contributed by atoms with E-state index in [2.05, 4.69) is 5.32 Å². The van der Waals surface area contributed by atoms with Crippen molar-refractivity contribution in [1.82, 2.24) is 10.2 Å². The fourth-order valence-corrected chi connectivity index (χ4v) is 2.74. The molecule has 1 N–H and O–H groups in total. The monoisotopic (exact) mass is 348 g/mol. The Hall–Kier alpha value is -2.08. The van der Waals surface area contributed by atoms with Gasteiger partial charge in [-0.05, 0) is 12.0 Å². The second-order valence-corrected chi connectivity index (χ2v) is 6.91. The summed E-state index contributed by atoms with van der Waals surface area (Å²) in [7, 11) is 3.38. The van der Waals surface area contributed by atoms with Crippen molar-refractivity contribution < 1.29 is 19.1 Å². The molecule has 2 atom stereocenters. The molecule has 0 spiro atoms. The molecule has 0 radical (unpaired) electrons. The van der Waals surface area contributed by atoms with Crippen molar-refractivity contribution in [2.75, 3.05) is 27.3 Å². The lowest BCUT2D eigenvalue weighted by atomic mass is 10.0. The molecule has 1 aliphatic rings. The predicted octanol–water partition coefficient (Wildman–Crippen LogP) is 1.63. The topological polar surface area (TPSA) is 67.9 Å². The van der Waals surface area contributed by atoms with Crippen LogP contribution in [0.2, 0.25) is 0 Å². The normalized spacial score (nSPS) is 18.0. The number of likely N-dealkylation sites (N-methyl/N-ethyl adjacent to an activating group) is 1. The first-order chi connectivity index (χ1) is 11.9. The minimum Gasteiger partial charge on any atom is -0.488 e. The number of hydrogen-bond acceptors (Lipinski definition) is 4. The van der Waals surface area contributed by atoms with Gasteiger partial charge in [0.25, 0.3) is 0 Å². The Morgan fingerprint density at radius 3 is 2.64 bits per heavy atom. The summed E-state index contributed by atoms with van der Waals surface area (Å²) in [6.45, 7) is 5.12. The SMILES string of the molecule is CC(C)C(NC(=O)Cc1ccccc1OC1CCOC1)C(=O)N(C)C. The highest BCUT2D eigenvalue weighted by Crippen LogP contribution is 2.22. The molecule has 0 saturated carbocycles. The Labute approximate surface area is 149 Å². The van der Waals surface area contributed by atoms with Crippen LogP contribution in [0.3, 0.4) is 0 Å². The molecule has 2 amide bonds. The number of carbonyl (C=O) groups is 2. The van der Waals surface area contributed by atoms with Crippen LogP contribution in [-0.2, 0) is 20.7 Å². The molecule has 1 aromatic rings. The maximum atomic E-state index is 12.5. The Balaban J connectivity index is 2.03. The highest BCUT2D eigenvalue weighted by atomic mass is 16.5. The van der Waals surface area contributed by atoms with Gasteiger partial charge in [0.05, 0.1) is 19.6 Å². The van der Waals surface area contributed by atoms with Crippen LogP contribution in [0.4, 0.5) is 0 Å². The summed E-state index contributed by atoms with van der Waals surface area (Å²) in [4.78, 5) is 26.2. The van der Waals surface area contributed by atoms with Crippen LogP contribution in [0.5, 0.6) is 5.75 Å². The molecule has 6 nitrogen and oxygen atoms in total. The standard InChI is InChI=1S/C19H28N2O4/c1-13(2)18(19(23)21(3)4)20-17(22)11-14-7-5-6-8-16(14)25-15-9-10-24-12-15/h5-8,13,15,18H,9-12H2,1-4H3,(H,20,22). The molecule has 2 unspecified atom stereocenters. The number of ether oxygens (including phenoxy) is 2. The minimum absolute atomic E-state index is 0.0148. The van der Waals surface area contributed by atoms with Gasteiger partial charge in [-0.1, -0.05) is 32.0 Å². The number of hydrogen-bond donors (Lipinski definition) is 1. The minimum atomic E-state index is -0.529. The van der Waals surface area contributed by atoms with Crippen molar-refractivity contribution >= 4 is 11.8 Å². The number of carbonyl (C=O) groups excluding carboxylic acids is 2. The molecule has 1 heterocycles. The summed E-state index contributed by atoms with van der Waals surface area (Å²) < 4.78 is 11.3. The van der Waals surface area contributed by atoms with E-state index in [9.17, 15) is 9.59 Å².